The first-order valence-electron chi connectivity index (χ1n) is 11.7. The summed E-state index contributed by atoms with van der Waals surface area (Å²) in [6, 6.07) is 0. The zero-order valence-electron chi connectivity index (χ0n) is 19.0. The van der Waals surface area contributed by atoms with Crippen LogP contribution in [0, 0.1) is 5.41 Å². The van der Waals surface area contributed by atoms with Gasteiger partial charge in [0.15, 0.2) is 0 Å². The van der Waals surface area contributed by atoms with Crippen LogP contribution in [0.5, 0.6) is 0 Å². The number of unbranched alkanes of at least 4 members (excludes halogenated alkanes) is 11. The van der Waals surface area contributed by atoms with Gasteiger partial charge in [-0.25, -0.2) is 0 Å². The largest absolute Gasteiger partial charge is 0.466 e. The zero-order valence-corrected chi connectivity index (χ0v) is 19.0. The van der Waals surface area contributed by atoms with E-state index in [0.29, 0.717) is 18.4 Å². The molecule has 27 heavy (non-hydrogen) atoms. The minimum absolute atomic E-state index is 0.00627. The van der Waals surface area contributed by atoms with Crippen molar-refractivity contribution in [2.45, 2.75) is 124 Å². The highest BCUT2D eigenvalue weighted by molar-refractivity contribution is 5.69. The molecule has 0 aliphatic rings. The van der Waals surface area contributed by atoms with E-state index >= 15 is 0 Å². The molecule has 0 saturated carbocycles. The van der Waals surface area contributed by atoms with Crippen LogP contribution in [0.15, 0.2) is 0 Å². The Morgan fingerprint density at radius 3 is 1.78 bits per heavy atom. The number of hydrogen-bond donors (Lipinski definition) is 0. The fourth-order valence-electron chi connectivity index (χ4n) is 2.98. The predicted molar refractivity (Wildman–Crippen MR) is 116 cm³/mol. The highest BCUT2D eigenvalue weighted by Gasteiger charge is 2.08. The molecule has 0 aliphatic carbocycles. The Labute approximate surface area is 170 Å². The average molecular weight is 385 g/mol. The van der Waals surface area contributed by atoms with Crippen LogP contribution >= 0.6 is 0 Å². The topological polar surface area (TPSA) is 35.5 Å². The maximum atomic E-state index is 11.7. The smallest absolute Gasteiger partial charge is 0.305 e. The van der Waals surface area contributed by atoms with Crippen molar-refractivity contribution >= 4 is 5.97 Å². The Kier molecular flexibility index (Phi) is 18.4. The molecule has 0 amide bonds. The zero-order chi connectivity index (χ0) is 20.2. The number of ether oxygens (including phenoxy) is 2. The predicted octanol–water partition coefficient (Wildman–Crippen LogP) is 7.46. The molecule has 0 saturated heterocycles. The number of rotatable bonds is 19. The molecule has 3 heteroatoms. The monoisotopic (exact) mass is 384 g/mol. The van der Waals surface area contributed by atoms with Gasteiger partial charge in [-0.2, -0.15) is 0 Å². The molecule has 0 aliphatic heterocycles. The van der Waals surface area contributed by atoms with Crippen LogP contribution in [0.25, 0.3) is 0 Å². The fourth-order valence-corrected chi connectivity index (χ4v) is 2.98. The second kappa shape index (κ2) is 18.8. The summed E-state index contributed by atoms with van der Waals surface area (Å²) in [5.41, 5.74) is 0.370. The number of esters is 1. The standard InChI is InChI=1S/C24H48O3/c1-5-6-7-8-10-14-17-21-27-23(25)18-15-12-9-11-13-16-20-26-22-19-24(2,3)4/h5-22H2,1-4H3. The molecule has 0 unspecified atom stereocenters. The van der Waals surface area contributed by atoms with Crippen LogP contribution in [0.4, 0.5) is 0 Å². The summed E-state index contributed by atoms with van der Waals surface area (Å²) >= 11 is 0. The summed E-state index contributed by atoms with van der Waals surface area (Å²) < 4.78 is 11.0. The third-order valence-electron chi connectivity index (χ3n) is 4.93. The highest BCUT2D eigenvalue weighted by Crippen LogP contribution is 2.18. The minimum Gasteiger partial charge on any atom is -0.466 e. The Morgan fingerprint density at radius 2 is 1.19 bits per heavy atom. The number of hydrogen-bond acceptors (Lipinski definition) is 3. The van der Waals surface area contributed by atoms with E-state index in [0.717, 1.165) is 45.3 Å². The third kappa shape index (κ3) is 23.4. The summed E-state index contributed by atoms with van der Waals surface area (Å²) in [7, 11) is 0. The van der Waals surface area contributed by atoms with Crippen LogP contribution in [-0.4, -0.2) is 25.8 Å². The number of carbonyl (C=O) groups excluding carboxylic acids is 1. The van der Waals surface area contributed by atoms with E-state index in [4.69, 9.17) is 9.47 Å². The molecule has 0 aromatic heterocycles. The Bertz CT molecular complexity index is 320. The van der Waals surface area contributed by atoms with Gasteiger partial charge in [-0.05, 0) is 31.1 Å². The van der Waals surface area contributed by atoms with Crippen LogP contribution in [0.3, 0.4) is 0 Å². The number of carbonyl (C=O) groups is 1. The lowest BCUT2D eigenvalue weighted by atomic mass is 9.93. The molecule has 0 rings (SSSR count). The average Bonchev–Trinajstić information content (AvgIpc) is 2.61. The van der Waals surface area contributed by atoms with E-state index < -0.39 is 0 Å². The van der Waals surface area contributed by atoms with Gasteiger partial charge in [0.1, 0.15) is 0 Å². The lowest BCUT2D eigenvalue weighted by Crippen LogP contribution is -2.09. The molecule has 3 nitrogen and oxygen atoms in total. The summed E-state index contributed by atoms with van der Waals surface area (Å²) in [5.74, 6) is -0.00627. The molecular weight excluding hydrogens is 336 g/mol. The van der Waals surface area contributed by atoms with Gasteiger partial charge in [-0.3, -0.25) is 4.79 Å². The molecule has 0 fully saturated rings. The van der Waals surface area contributed by atoms with Crippen molar-refractivity contribution in [3.63, 3.8) is 0 Å². The molecule has 0 aromatic carbocycles. The maximum absolute atomic E-state index is 11.7. The molecular formula is C24H48O3. The van der Waals surface area contributed by atoms with Crippen molar-refractivity contribution in [3.05, 3.63) is 0 Å². The molecule has 0 radical (unpaired) electrons. The van der Waals surface area contributed by atoms with Crippen LogP contribution < -0.4 is 0 Å². The quantitative estimate of drug-likeness (QED) is 0.171. The van der Waals surface area contributed by atoms with Gasteiger partial charge in [0, 0.05) is 19.6 Å². The SMILES string of the molecule is CCCCCCCCCOC(=O)CCCCCCCCOCCC(C)(C)C. The Balaban J connectivity index is 3.19. The van der Waals surface area contributed by atoms with Crippen LogP contribution in [0.2, 0.25) is 0 Å². The van der Waals surface area contributed by atoms with E-state index in [-0.39, 0.29) is 5.97 Å². The maximum Gasteiger partial charge on any atom is 0.305 e. The molecule has 0 spiro atoms. The van der Waals surface area contributed by atoms with Crippen molar-refractivity contribution < 1.29 is 14.3 Å². The lowest BCUT2D eigenvalue weighted by Gasteiger charge is -2.17. The van der Waals surface area contributed by atoms with E-state index in [1.54, 1.807) is 0 Å². The van der Waals surface area contributed by atoms with Crippen molar-refractivity contribution in [2.24, 2.45) is 5.41 Å². The second-order valence-electron chi connectivity index (χ2n) is 9.14. The minimum atomic E-state index is -0.00627. The lowest BCUT2D eigenvalue weighted by molar-refractivity contribution is -0.143. The molecule has 162 valence electrons. The van der Waals surface area contributed by atoms with Crippen molar-refractivity contribution in [1.29, 1.82) is 0 Å². The second-order valence-corrected chi connectivity index (χ2v) is 9.14. The van der Waals surface area contributed by atoms with Gasteiger partial charge in [0.05, 0.1) is 6.61 Å². The van der Waals surface area contributed by atoms with Crippen molar-refractivity contribution in [2.75, 3.05) is 19.8 Å². The van der Waals surface area contributed by atoms with E-state index in [1.165, 1.54) is 57.8 Å². The third-order valence-corrected chi connectivity index (χ3v) is 4.93. The fraction of sp³-hybridized carbons (Fsp3) is 0.958. The van der Waals surface area contributed by atoms with Gasteiger partial charge in [0.25, 0.3) is 0 Å². The Morgan fingerprint density at radius 1 is 0.667 bits per heavy atom. The summed E-state index contributed by atoms with van der Waals surface area (Å²) in [5, 5.41) is 0. The summed E-state index contributed by atoms with van der Waals surface area (Å²) in [4.78, 5) is 11.7. The Hall–Kier alpha value is -0.570. The van der Waals surface area contributed by atoms with E-state index in [2.05, 4.69) is 27.7 Å². The summed E-state index contributed by atoms with van der Waals surface area (Å²) in [6.45, 7) is 11.4. The molecule has 0 atom stereocenters. The first-order valence-corrected chi connectivity index (χ1v) is 11.7. The molecule has 0 aromatic rings. The summed E-state index contributed by atoms with van der Waals surface area (Å²) in [6.07, 6.45) is 17.5. The van der Waals surface area contributed by atoms with E-state index in [1.807, 2.05) is 0 Å². The molecule has 0 N–H and O–H groups in total. The van der Waals surface area contributed by atoms with Gasteiger partial charge < -0.3 is 9.47 Å². The van der Waals surface area contributed by atoms with Gasteiger partial charge >= 0.3 is 5.97 Å². The normalized spacial score (nSPS) is 11.7. The van der Waals surface area contributed by atoms with E-state index in [9.17, 15) is 4.79 Å². The molecule has 0 heterocycles. The van der Waals surface area contributed by atoms with Crippen molar-refractivity contribution in [1.82, 2.24) is 0 Å². The highest BCUT2D eigenvalue weighted by atomic mass is 16.5. The first-order chi connectivity index (χ1) is 13.0. The molecule has 0 bridgehead atoms. The van der Waals surface area contributed by atoms with Gasteiger partial charge in [-0.15, -0.1) is 0 Å². The van der Waals surface area contributed by atoms with Gasteiger partial charge in [-0.1, -0.05) is 91.9 Å². The van der Waals surface area contributed by atoms with Crippen molar-refractivity contribution in [3.8, 4) is 0 Å². The van der Waals surface area contributed by atoms with Crippen LogP contribution in [0.1, 0.15) is 124 Å². The first kappa shape index (κ1) is 26.4. The van der Waals surface area contributed by atoms with Crippen LogP contribution in [-0.2, 0) is 14.3 Å². The van der Waals surface area contributed by atoms with Gasteiger partial charge in [0.2, 0.25) is 0 Å².